The molecule has 0 saturated carbocycles. The third-order valence-electron chi connectivity index (χ3n) is 4.75. The van der Waals surface area contributed by atoms with E-state index in [1.165, 1.54) is 11.1 Å². The van der Waals surface area contributed by atoms with Gasteiger partial charge in [-0.25, -0.2) is 0 Å². The van der Waals surface area contributed by atoms with Gasteiger partial charge in [0, 0.05) is 45.6 Å². The van der Waals surface area contributed by atoms with Crippen molar-refractivity contribution in [2.45, 2.75) is 26.3 Å². The van der Waals surface area contributed by atoms with E-state index in [1.54, 1.807) is 0 Å². The lowest BCUT2D eigenvalue weighted by molar-refractivity contribution is 0.366. The van der Waals surface area contributed by atoms with E-state index in [0.29, 0.717) is 5.92 Å². The van der Waals surface area contributed by atoms with Gasteiger partial charge >= 0.3 is 0 Å². The van der Waals surface area contributed by atoms with E-state index in [2.05, 4.69) is 63.6 Å². The van der Waals surface area contributed by atoms with Crippen molar-refractivity contribution in [3.05, 3.63) is 59.9 Å². The Kier molecular flexibility index (Phi) is 8.84. The maximum absolute atomic E-state index is 4.48. The molecule has 2 heterocycles. The summed E-state index contributed by atoms with van der Waals surface area (Å²) >= 11 is 0. The summed E-state index contributed by atoms with van der Waals surface area (Å²) in [5, 5.41) is 7.81. The highest BCUT2D eigenvalue weighted by Gasteiger charge is 2.17. The molecule has 3 rings (SSSR count). The zero-order chi connectivity index (χ0) is 18.2. The molecule has 1 aliphatic rings. The first-order valence-corrected chi connectivity index (χ1v) is 9.42. The number of aromatic nitrogens is 2. The van der Waals surface area contributed by atoms with Crippen molar-refractivity contribution in [2.24, 2.45) is 10.9 Å². The number of hydrogen-bond acceptors (Lipinski definition) is 2. The van der Waals surface area contributed by atoms with Crippen molar-refractivity contribution in [1.29, 1.82) is 0 Å². The number of guanidine groups is 1. The molecule has 1 aromatic heterocycles. The van der Waals surface area contributed by atoms with Crippen LogP contribution < -0.4 is 5.32 Å². The van der Waals surface area contributed by atoms with Gasteiger partial charge in [0.2, 0.25) is 0 Å². The largest absolute Gasteiger partial charge is 0.356 e. The highest BCUT2D eigenvalue weighted by molar-refractivity contribution is 14.0. The van der Waals surface area contributed by atoms with E-state index in [9.17, 15) is 0 Å². The lowest BCUT2D eigenvalue weighted by Crippen LogP contribution is -2.45. The highest BCUT2D eigenvalue weighted by atomic mass is 127. The average molecular weight is 479 g/mol. The summed E-state index contributed by atoms with van der Waals surface area (Å²) < 4.78 is 1.98. The molecule has 27 heavy (non-hydrogen) atoms. The minimum absolute atomic E-state index is 0. The molecule has 1 aromatic carbocycles. The second-order valence-corrected chi connectivity index (χ2v) is 6.96. The smallest absolute Gasteiger partial charge is 0.193 e. The number of hydrogen-bond donors (Lipinski definition) is 1. The second kappa shape index (κ2) is 11.1. The van der Waals surface area contributed by atoms with E-state index in [-0.39, 0.29) is 24.0 Å². The predicted molar refractivity (Wildman–Crippen MR) is 123 cm³/mol. The molecule has 0 bridgehead atoms. The third-order valence-corrected chi connectivity index (χ3v) is 4.75. The molecule has 1 aliphatic heterocycles. The van der Waals surface area contributed by atoms with Crippen LogP contribution in [0.3, 0.4) is 0 Å². The van der Waals surface area contributed by atoms with Crippen LogP contribution >= 0.6 is 24.0 Å². The van der Waals surface area contributed by atoms with Gasteiger partial charge in [0.25, 0.3) is 0 Å². The molecule has 1 N–H and O–H groups in total. The summed E-state index contributed by atoms with van der Waals surface area (Å²) in [6.07, 6.45) is 8.36. The second-order valence-electron chi connectivity index (χ2n) is 6.96. The fraction of sp³-hybridized carbons (Fsp3) is 0.429. The van der Waals surface area contributed by atoms with Crippen molar-refractivity contribution >= 4 is 36.0 Å². The number of aliphatic imine (C=N–C) groups is 1. The first-order chi connectivity index (χ1) is 12.7. The van der Waals surface area contributed by atoms with Gasteiger partial charge in [0.15, 0.2) is 5.96 Å². The molecule has 0 spiro atoms. The molecule has 1 unspecified atom stereocenters. The molecule has 2 aromatic rings. The van der Waals surface area contributed by atoms with Crippen LogP contribution in [0.25, 0.3) is 6.08 Å². The van der Waals surface area contributed by atoms with E-state index in [0.717, 1.165) is 45.0 Å². The van der Waals surface area contributed by atoms with Crippen LogP contribution in [0.4, 0.5) is 0 Å². The summed E-state index contributed by atoms with van der Waals surface area (Å²) in [5.74, 6) is 1.50. The van der Waals surface area contributed by atoms with Gasteiger partial charge in [-0.2, -0.15) is 5.10 Å². The summed E-state index contributed by atoms with van der Waals surface area (Å²) in [7, 11) is 1.87. The van der Waals surface area contributed by atoms with Crippen molar-refractivity contribution in [3.63, 3.8) is 0 Å². The van der Waals surface area contributed by atoms with Gasteiger partial charge in [-0.15, -0.1) is 24.0 Å². The topological polar surface area (TPSA) is 45.5 Å². The van der Waals surface area contributed by atoms with E-state index < -0.39 is 0 Å². The Hall–Kier alpha value is -1.83. The van der Waals surface area contributed by atoms with Crippen LogP contribution in [0, 0.1) is 5.92 Å². The van der Waals surface area contributed by atoms with Crippen LogP contribution in [0.1, 0.15) is 25.3 Å². The normalized spacial score (nSPS) is 15.9. The summed E-state index contributed by atoms with van der Waals surface area (Å²) in [5.41, 5.74) is 2.82. The fourth-order valence-electron chi connectivity index (χ4n) is 3.33. The van der Waals surface area contributed by atoms with Gasteiger partial charge in [0.05, 0.1) is 0 Å². The predicted octanol–water partition coefficient (Wildman–Crippen LogP) is 3.89. The highest BCUT2D eigenvalue weighted by Crippen LogP contribution is 2.19. The minimum atomic E-state index is 0. The molecule has 6 heteroatoms. The number of rotatable bonds is 5. The van der Waals surface area contributed by atoms with Crippen LogP contribution in [-0.2, 0) is 6.54 Å². The van der Waals surface area contributed by atoms with E-state index in [1.807, 2.05) is 30.2 Å². The van der Waals surface area contributed by atoms with Crippen LogP contribution in [0.15, 0.2) is 59.4 Å². The Morgan fingerprint density at radius 2 is 1.96 bits per heavy atom. The van der Waals surface area contributed by atoms with Crippen LogP contribution in [0.2, 0.25) is 0 Å². The first kappa shape index (κ1) is 21.5. The van der Waals surface area contributed by atoms with E-state index >= 15 is 0 Å². The van der Waals surface area contributed by atoms with Gasteiger partial charge in [-0.05, 0) is 30.4 Å². The summed E-state index contributed by atoms with van der Waals surface area (Å²) in [6, 6.07) is 12.6. The molecular weight excluding hydrogens is 449 g/mol. The summed E-state index contributed by atoms with van der Waals surface area (Å²) in [4.78, 5) is 6.84. The molecule has 146 valence electrons. The zero-order valence-corrected chi connectivity index (χ0v) is 18.5. The Bertz CT molecular complexity index is 714. The number of halogens is 1. The lowest BCUT2D eigenvalue weighted by atomic mass is 10.0. The molecule has 0 amide bonds. The van der Waals surface area contributed by atoms with Crippen molar-refractivity contribution in [1.82, 2.24) is 20.0 Å². The van der Waals surface area contributed by atoms with Gasteiger partial charge in [-0.3, -0.25) is 9.67 Å². The molecule has 0 aliphatic carbocycles. The third kappa shape index (κ3) is 6.68. The van der Waals surface area contributed by atoms with Gasteiger partial charge in [-0.1, -0.05) is 48.9 Å². The fourth-order valence-corrected chi connectivity index (χ4v) is 3.33. The number of likely N-dealkylation sites (tertiary alicyclic amines) is 1. The quantitative estimate of drug-likeness (QED) is 0.402. The zero-order valence-electron chi connectivity index (χ0n) is 16.2. The maximum Gasteiger partial charge on any atom is 0.193 e. The molecule has 1 atom stereocenters. The molecule has 1 saturated heterocycles. The summed E-state index contributed by atoms with van der Waals surface area (Å²) in [6.45, 7) is 6.09. The van der Waals surface area contributed by atoms with Crippen molar-refractivity contribution in [2.75, 3.05) is 26.7 Å². The molecule has 0 radical (unpaired) electrons. The monoisotopic (exact) mass is 479 g/mol. The lowest BCUT2D eigenvalue weighted by Gasteiger charge is -2.32. The van der Waals surface area contributed by atoms with Gasteiger partial charge < -0.3 is 10.2 Å². The average Bonchev–Trinajstić information content (AvgIpc) is 3.17. The number of piperidine rings is 1. The Labute approximate surface area is 179 Å². The Morgan fingerprint density at radius 3 is 2.59 bits per heavy atom. The Morgan fingerprint density at radius 1 is 1.22 bits per heavy atom. The molecule has 1 fully saturated rings. The number of benzene rings is 1. The maximum atomic E-state index is 4.48. The SMILES string of the molecule is CN=C(NCC(C)Cn1cccn1)N1CCC(=Cc2ccccc2)CC1.I. The van der Waals surface area contributed by atoms with Crippen LogP contribution in [-0.4, -0.2) is 47.3 Å². The number of nitrogens with one attached hydrogen (secondary N) is 1. The first-order valence-electron chi connectivity index (χ1n) is 9.42. The van der Waals surface area contributed by atoms with Crippen molar-refractivity contribution in [3.8, 4) is 0 Å². The van der Waals surface area contributed by atoms with Crippen molar-refractivity contribution < 1.29 is 0 Å². The van der Waals surface area contributed by atoms with Crippen LogP contribution in [0.5, 0.6) is 0 Å². The van der Waals surface area contributed by atoms with Gasteiger partial charge in [0.1, 0.15) is 0 Å². The standard InChI is InChI=1S/C21H29N5.HI/c1-18(17-26-12-6-11-24-26)16-23-21(22-2)25-13-9-20(10-14-25)15-19-7-4-3-5-8-19;/h3-8,11-12,15,18H,9-10,13-14,16-17H2,1-2H3,(H,22,23);1H. The number of nitrogens with zero attached hydrogens (tertiary/aromatic N) is 4. The molecular formula is C21H30IN5. The minimum Gasteiger partial charge on any atom is -0.356 e. The molecule has 5 nitrogen and oxygen atoms in total. The Balaban J connectivity index is 0.00000261. The van der Waals surface area contributed by atoms with E-state index in [4.69, 9.17) is 0 Å².